The van der Waals surface area contributed by atoms with Gasteiger partial charge in [0.25, 0.3) is 5.56 Å². The number of rotatable bonds is 6. The number of Topliss-reactive ketones (excluding diaryl/α,β-unsaturated/α-hetero) is 1. The van der Waals surface area contributed by atoms with Gasteiger partial charge in [0.1, 0.15) is 5.76 Å². The first-order valence-electron chi connectivity index (χ1n) is 8.91. The first-order chi connectivity index (χ1) is 13.6. The molecule has 0 spiro atoms. The number of thioether (sulfide) groups is 1. The van der Waals surface area contributed by atoms with Gasteiger partial charge in [0.05, 0.1) is 29.0 Å². The number of nitrogens with zero attached hydrogens (tertiary/aromatic N) is 2. The predicted molar refractivity (Wildman–Crippen MR) is 110 cm³/mol. The zero-order valence-electron chi connectivity index (χ0n) is 15.2. The lowest BCUT2D eigenvalue weighted by Gasteiger charge is -2.15. The van der Waals surface area contributed by atoms with Crippen LogP contribution in [0.3, 0.4) is 0 Å². The Balaban J connectivity index is 1.74. The third kappa shape index (κ3) is 3.64. The smallest absolute Gasteiger partial charge is 0.262 e. The van der Waals surface area contributed by atoms with Gasteiger partial charge >= 0.3 is 0 Å². The molecule has 140 valence electrons. The summed E-state index contributed by atoms with van der Waals surface area (Å²) in [5.74, 6) is 0.653. The number of furan rings is 1. The minimum atomic E-state index is -0.390. The minimum absolute atomic E-state index is 0.00226. The monoisotopic (exact) mass is 390 g/mol. The number of benzene rings is 2. The molecule has 0 amide bonds. The fraction of sp³-hybridized carbons (Fsp3) is 0.136. The van der Waals surface area contributed by atoms with Gasteiger partial charge in [-0.3, -0.25) is 14.2 Å². The van der Waals surface area contributed by atoms with Crippen LogP contribution < -0.4 is 5.56 Å². The van der Waals surface area contributed by atoms with Crippen molar-refractivity contribution in [3.8, 4) is 0 Å². The Labute approximate surface area is 166 Å². The summed E-state index contributed by atoms with van der Waals surface area (Å²) in [6, 6.07) is 20.0. The summed E-state index contributed by atoms with van der Waals surface area (Å²) in [7, 11) is 0. The van der Waals surface area contributed by atoms with Crippen molar-refractivity contribution in [3.63, 3.8) is 0 Å². The number of fused-ring (bicyclic) bond motifs is 1. The summed E-state index contributed by atoms with van der Waals surface area (Å²) in [5, 5.41) is 0.649. The molecule has 0 aliphatic rings. The van der Waals surface area contributed by atoms with E-state index in [-0.39, 0.29) is 17.9 Å². The Hall–Kier alpha value is -3.12. The van der Waals surface area contributed by atoms with Crippen LogP contribution in [-0.2, 0) is 6.54 Å². The molecule has 0 saturated heterocycles. The maximum Gasteiger partial charge on any atom is 0.262 e. The van der Waals surface area contributed by atoms with Gasteiger partial charge in [-0.25, -0.2) is 4.98 Å². The second-order valence-electron chi connectivity index (χ2n) is 6.37. The topological polar surface area (TPSA) is 65.1 Å². The van der Waals surface area contributed by atoms with Crippen LogP contribution >= 0.6 is 11.8 Å². The molecule has 28 heavy (non-hydrogen) atoms. The van der Waals surface area contributed by atoms with Crippen LogP contribution in [0.4, 0.5) is 0 Å². The van der Waals surface area contributed by atoms with E-state index in [4.69, 9.17) is 4.42 Å². The number of para-hydroxylation sites is 1. The molecule has 2 aromatic carbocycles. The van der Waals surface area contributed by atoms with E-state index in [9.17, 15) is 9.59 Å². The summed E-state index contributed by atoms with van der Waals surface area (Å²) in [4.78, 5) is 30.5. The molecule has 0 unspecified atom stereocenters. The van der Waals surface area contributed by atoms with Crippen molar-refractivity contribution < 1.29 is 9.21 Å². The van der Waals surface area contributed by atoms with Gasteiger partial charge in [0.2, 0.25) is 0 Å². The molecule has 0 aliphatic carbocycles. The van der Waals surface area contributed by atoms with E-state index in [0.29, 0.717) is 27.4 Å². The van der Waals surface area contributed by atoms with E-state index in [0.717, 1.165) is 0 Å². The van der Waals surface area contributed by atoms with Crippen molar-refractivity contribution >= 4 is 28.4 Å². The summed E-state index contributed by atoms with van der Waals surface area (Å²) < 4.78 is 6.99. The normalized spacial score (nSPS) is 12.2. The standard InChI is InChI=1S/C22H18N2O3S/c1-15(20(25)16-8-3-2-4-9-16)28-22-23-19-12-6-5-11-18(19)21(26)24(22)14-17-10-7-13-27-17/h2-13,15H,14H2,1H3/t15-/m1/s1. The molecular weight excluding hydrogens is 372 g/mol. The number of hydrogen-bond donors (Lipinski definition) is 0. The Morgan fingerprint density at radius 1 is 1.07 bits per heavy atom. The molecule has 6 heteroatoms. The molecule has 4 rings (SSSR count). The average Bonchev–Trinajstić information content (AvgIpc) is 3.24. The number of carbonyl (C=O) groups is 1. The van der Waals surface area contributed by atoms with Crippen molar-refractivity contribution in [2.45, 2.75) is 23.9 Å². The van der Waals surface area contributed by atoms with E-state index in [1.807, 2.05) is 49.4 Å². The number of carbonyl (C=O) groups excluding carboxylic acids is 1. The highest BCUT2D eigenvalue weighted by atomic mass is 32.2. The van der Waals surface area contributed by atoms with Gasteiger partial charge in [-0.1, -0.05) is 54.2 Å². The van der Waals surface area contributed by atoms with Crippen LogP contribution in [0.1, 0.15) is 23.0 Å². The predicted octanol–water partition coefficient (Wildman–Crippen LogP) is 4.40. The Kier molecular flexibility index (Phi) is 5.12. The van der Waals surface area contributed by atoms with Gasteiger partial charge in [-0.2, -0.15) is 0 Å². The van der Waals surface area contributed by atoms with Crippen LogP contribution in [0.2, 0.25) is 0 Å². The number of hydrogen-bond acceptors (Lipinski definition) is 5. The second-order valence-corrected chi connectivity index (χ2v) is 7.68. The van der Waals surface area contributed by atoms with Crippen LogP contribution in [0, 0.1) is 0 Å². The third-order valence-electron chi connectivity index (χ3n) is 4.43. The minimum Gasteiger partial charge on any atom is -0.467 e. The largest absolute Gasteiger partial charge is 0.467 e. The van der Waals surface area contributed by atoms with Crippen LogP contribution in [0.5, 0.6) is 0 Å². The SMILES string of the molecule is C[C@@H](Sc1nc2ccccc2c(=O)n1Cc1ccco1)C(=O)c1ccccc1. The average molecular weight is 390 g/mol. The Morgan fingerprint density at radius 2 is 1.82 bits per heavy atom. The number of ketones is 1. The van der Waals surface area contributed by atoms with Gasteiger partial charge in [0, 0.05) is 5.56 Å². The van der Waals surface area contributed by atoms with E-state index < -0.39 is 5.25 Å². The van der Waals surface area contributed by atoms with E-state index >= 15 is 0 Å². The fourth-order valence-electron chi connectivity index (χ4n) is 2.98. The lowest BCUT2D eigenvalue weighted by molar-refractivity contribution is 0.0994. The maximum absolute atomic E-state index is 13.1. The number of aromatic nitrogens is 2. The molecule has 0 N–H and O–H groups in total. The molecule has 2 aromatic heterocycles. The van der Waals surface area contributed by atoms with Gasteiger partial charge in [0.15, 0.2) is 10.9 Å². The molecule has 0 bridgehead atoms. The highest BCUT2D eigenvalue weighted by molar-refractivity contribution is 8.00. The zero-order valence-corrected chi connectivity index (χ0v) is 16.1. The summed E-state index contributed by atoms with van der Waals surface area (Å²) in [6.45, 7) is 2.09. The molecule has 4 aromatic rings. The van der Waals surface area contributed by atoms with E-state index in [1.54, 1.807) is 35.1 Å². The fourth-order valence-corrected chi connectivity index (χ4v) is 3.97. The summed E-state index contributed by atoms with van der Waals surface area (Å²) in [6.07, 6.45) is 1.57. The molecular formula is C22H18N2O3S. The van der Waals surface area contributed by atoms with E-state index in [2.05, 4.69) is 4.98 Å². The lowest BCUT2D eigenvalue weighted by Crippen LogP contribution is -2.25. The molecule has 2 heterocycles. The first-order valence-corrected chi connectivity index (χ1v) is 9.79. The van der Waals surface area contributed by atoms with Crippen molar-refractivity contribution in [2.24, 2.45) is 0 Å². The van der Waals surface area contributed by atoms with Crippen molar-refractivity contribution in [1.82, 2.24) is 9.55 Å². The molecule has 1 atom stereocenters. The maximum atomic E-state index is 13.1. The second kappa shape index (κ2) is 7.86. The van der Waals surface area contributed by atoms with Gasteiger partial charge < -0.3 is 4.42 Å². The van der Waals surface area contributed by atoms with Crippen molar-refractivity contribution in [1.29, 1.82) is 0 Å². The molecule has 0 radical (unpaired) electrons. The molecule has 0 fully saturated rings. The van der Waals surface area contributed by atoms with Crippen LogP contribution in [0.25, 0.3) is 10.9 Å². The van der Waals surface area contributed by atoms with Crippen molar-refractivity contribution in [2.75, 3.05) is 0 Å². The molecule has 0 saturated carbocycles. The summed E-state index contributed by atoms with van der Waals surface area (Å²) >= 11 is 1.28. The Bertz CT molecular complexity index is 1170. The van der Waals surface area contributed by atoms with Crippen molar-refractivity contribution in [3.05, 3.63) is 94.7 Å². The third-order valence-corrected chi connectivity index (χ3v) is 5.52. The molecule has 5 nitrogen and oxygen atoms in total. The zero-order chi connectivity index (χ0) is 19.5. The lowest BCUT2D eigenvalue weighted by atomic mass is 10.1. The first kappa shape index (κ1) is 18.3. The highest BCUT2D eigenvalue weighted by Gasteiger charge is 2.21. The van der Waals surface area contributed by atoms with Gasteiger partial charge in [-0.05, 0) is 31.2 Å². The highest BCUT2D eigenvalue weighted by Crippen LogP contribution is 2.25. The summed E-state index contributed by atoms with van der Waals surface area (Å²) in [5.41, 5.74) is 1.11. The van der Waals surface area contributed by atoms with Crippen LogP contribution in [0.15, 0.2) is 87.4 Å². The Morgan fingerprint density at radius 3 is 2.57 bits per heavy atom. The quantitative estimate of drug-likeness (QED) is 0.277. The van der Waals surface area contributed by atoms with Gasteiger partial charge in [-0.15, -0.1) is 0 Å². The van der Waals surface area contributed by atoms with E-state index in [1.165, 1.54) is 11.8 Å². The van der Waals surface area contributed by atoms with Crippen LogP contribution in [-0.4, -0.2) is 20.6 Å². The molecule has 0 aliphatic heterocycles.